The van der Waals surface area contributed by atoms with Crippen molar-refractivity contribution in [2.24, 2.45) is 0 Å². The molecule has 6 rings (SSSR count). The summed E-state index contributed by atoms with van der Waals surface area (Å²) in [6.07, 6.45) is 2.49. The summed E-state index contributed by atoms with van der Waals surface area (Å²) < 4.78 is 0. The van der Waals surface area contributed by atoms with Crippen LogP contribution in [0.15, 0.2) is 58.3 Å². The molecule has 3 aromatic rings. The minimum atomic E-state index is 0.207. The number of benzene rings is 3. The van der Waals surface area contributed by atoms with Crippen molar-refractivity contribution >= 4 is 34.5 Å². The largest absolute Gasteiger partial charge is 0.320 e. The highest BCUT2D eigenvalue weighted by molar-refractivity contribution is 7.99. The van der Waals surface area contributed by atoms with Crippen LogP contribution in [0.25, 0.3) is 0 Å². The molecule has 2 nitrogen and oxygen atoms in total. The number of hydrogen-bond acceptors (Lipinski definition) is 3. The first kappa shape index (κ1) is 24.0. The van der Waals surface area contributed by atoms with Crippen molar-refractivity contribution in [1.29, 1.82) is 0 Å². The molecule has 3 aliphatic rings. The third kappa shape index (κ3) is 3.45. The molecule has 0 radical (unpaired) electrons. The Hall–Kier alpha value is -2.39. The normalized spacial score (nSPS) is 18.9. The van der Waals surface area contributed by atoms with Gasteiger partial charge in [-0.3, -0.25) is 0 Å². The van der Waals surface area contributed by atoms with Crippen molar-refractivity contribution in [3.63, 3.8) is 0 Å². The van der Waals surface area contributed by atoms with E-state index < -0.39 is 0 Å². The molecule has 0 aromatic heterocycles. The van der Waals surface area contributed by atoms with Crippen LogP contribution in [0.1, 0.15) is 102 Å². The maximum Gasteiger partial charge on any atom is 0.100 e. The first-order chi connectivity index (χ1) is 17.0. The van der Waals surface area contributed by atoms with Gasteiger partial charge in [0.25, 0.3) is 0 Å². The third-order valence-electron chi connectivity index (χ3n) is 8.88. The van der Waals surface area contributed by atoms with E-state index >= 15 is 0 Å². The summed E-state index contributed by atoms with van der Waals surface area (Å²) in [5.41, 5.74) is 11.9. The second kappa shape index (κ2) is 8.05. The average Bonchev–Trinajstić information content (AvgIpc) is 3.22. The molecule has 0 saturated carbocycles. The predicted molar refractivity (Wildman–Crippen MR) is 156 cm³/mol. The number of hydrogen-bond donors (Lipinski definition) is 0. The lowest BCUT2D eigenvalue weighted by Gasteiger charge is -2.43. The maximum absolute atomic E-state index is 2.61. The smallest absolute Gasteiger partial charge is 0.100 e. The maximum atomic E-state index is 2.61. The second-order valence-corrected chi connectivity index (χ2v) is 14.0. The molecule has 3 heteroatoms. The summed E-state index contributed by atoms with van der Waals surface area (Å²) >= 11 is 1.96. The van der Waals surface area contributed by atoms with Gasteiger partial charge >= 0.3 is 0 Å². The van der Waals surface area contributed by atoms with Gasteiger partial charge in [-0.2, -0.15) is 0 Å². The average molecular weight is 497 g/mol. The van der Waals surface area contributed by atoms with Gasteiger partial charge in [-0.05, 0) is 82.0 Å². The molecule has 0 fully saturated rings. The summed E-state index contributed by atoms with van der Waals surface area (Å²) in [6, 6.07) is 18.9. The van der Waals surface area contributed by atoms with Crippen molar-refractivity contribution in [3.05, 3.63) is 70.8 Å². The van der Waals surface area contributed by atoms with Gasteiger partial charge in [0.05, 0.1) is 17.1 Å². The van der Waals surface area contributed by atoms with E-state index in [1.807, 2.05) is 11.8 Å². The van der Waals surface area contributed by atoms with Gasteiger partial charge < -0.3 is 9.80 Å². The lowest BCUT2D eigenvalue weighted by molar-refractivity contribution is 0.331. The molecule has 2 aliphatic heterocycles. The van der Waals surface area contributed by atoms with Gasteiger partial charge in [0.1, 0.15) is 6.67 Å². The third-order valence-corrected chi connectivity index (χ3v) is 9.97. The van der Waals surface area contributed by atoms with Crippen molar-refractivity contribution < 1.29 is 0 Å². The molecule has 2 heterocycles. The van der Waals surface area contributed by atoms with Crippen LogP contribution in [-0.2, 0) is 10.8 Å². The monoisotopic (exact) mass is 496 g/mol. The molecule has 36 heavy (non-hydrogen) atoms. The van der Waals surface area contributed by atoms with Crippen molar-refractivity contribution in [1.82, 2.24) is 0 Å². The highest BCUT2D eigenvalue weighted by Crippen LogP contribution is 2.59. The number of fused-ring (bicyclic) bond motifs is 3. The summed E-state index contributed by atoms with van der Waals surface area (Å²) in [4.78, 5) is 8.00. The van der Waals surface area contributed by atoms with Crippen LogP contribution in [0.3, 0.4) is 0 Å². The van der Waals surface area contributed by atoms with Crippen LogP contribution in [-0.4, -0.2) is 6.67 Å². The van der Waals surface area contributed by atoms with E-state index in [0.717, 1.165) is 6.67 Å². The zero-order valence-corrected chi connectivity index (χ0v) is 24.0. The van der Waals surface area contributed by atoms with E-state index in [9.17, 15) is 0 Å². The Kier molecular flexibility index (Phi) is 5.36. The zero-order chi connectivity index (χ0) is 25.6. The van der Waals surface area contributed by atoms with Gasteiger partial charge in [0, 0.05) is 15.5 Å². The van der Waals surface area contributed by atoms with Gasteiger partial charge in [0.2, 0.25) is 0 Å². The van der Waals surface area contributed by atoms with Gasteiger partial charge in [-0.1, -0.05) is 91.4 Å². The minimum absolute atomic E-state index is 0.207. The Bertz CT molecular complexity index is 1340. The van der Waals surface area contributed by atoms with E-state index in [4.69, 9.17) is 0 Å². The van der Waals surface area contributed by atoms with Crippen LogP contribution in [0, 0.1) is 0 Å². The summed E-state index contributed by atoms with van der Waals surface area (Å²) in [5.74, 6) is 0.947. The number of para-hydroxylation sites is 2. The van der Waals surface area contributed by atoms with Gasteiger partial charge in [-0.25, -0.2) is 0 Å². The Morgan fingerprint density at radius 3 is 1.83 bits per heavy atom. The van der Waals surface area contributed by atoms with E-state index in [1.54, 1.807) is 11.1 Å². The molecule has 0 amide bonds. The SMILES string of the molecule is CC(C)c1cccc(C(C)C)c1N1CN2c3cc4c(cc3Sc3cccc1c32)C(C)(C)CCC4(C)C. The molecule has 0 saturated heterocycles. The molecular formula is C33H40N2S. The molecule has 0 N–H and O–H groups in total. The van der Waals surface area contributed by atoms with Crippen molar-refractivity contribution in [3.8, 4) is 0 Å². The van der Waals surface area contributed by atoms with E-state index in [0.29, 0.717) is 11.8 Å². The summed E-state index contributed by atoms with van der Waals surface area (Å²) in [7, 11) is 0. The highest BCUT2D eigenvalue weighted by Gasteiger charge is 2.41. The fourth-order valence-electron chi connectivity index (χ4n) is 6.58. The number of rotatable bonds is 3. The van der Waals surface area contributed by atoms with E-state index in [1.165, 1.54) is 56.5 Å². The Morgan fingerprint density at radius 2 is 1.22 bits per heavy atom. The van der Waals surface area contributed by atoms with Crippen LogP contribution in [0.2, 0.25) is 0 Å². The molecular weight excluding hydrogens is 456 g/mol. The minimum Gasteiger partial charge on any atom is -0.320 e. The summed E-state index contributed by atoms with van der Waals surface area (Å²) in [6.45, 7) is 19.9. The number of anilines is 4. The van der Waals surface area contributed by atoms with E-state index in [2.05, 4.69) is 114 Å². The van der Waals surface area contributed by atoms with E-state index in [-0.39, 0.29) is 10.8 Å². The molecule has 0 atom stereocenters. The lowest BCUT2D eigenvalue weighted by atomic mass is 9.63. The van der Waals surface area contributed by atoms with Gasteiger partial charge in [0.15, 0.2) is 0 Å². The van der Waals surface area contributed by atoms with Crippen molar-refractivity contribution in [2.75, 3.05) is 16.5 Å². The standard InChI is InChI=1S/C33H40N2S/c1-20(2)22-11-9-12-23(21(3)4)30(22)34-19-35-27-17-24-25(33(7,8)16-15-32(24,5)6)18-29(27)36-28-14-10-13-26(34)31(28)35/h9-14,17-18,20-21H,15-16,19H2,1-8H3. The molecule has 3 aromatic carbocycles. The van der Waals surface area contributed by atoms with Gasteiger partial charge in [-0.15, -0.1) is 0 Å². The molecule has 0 unspecified atom stereocenters. The van der Waals surface area contributed by atoms with Crippen LogP contribution >= 0.6 is 11.8 Å². The molecule has 1 aliphatic carbocycles. The van der Waals surface area contributed by atoms with Crippen LogP contribution < -0.4 is 9.80 Å². The van der Waals surface area contributed by atoms with Crippen molar-refractivity contribution in [2.45, 2.75) is 101 Å². The fraction of sp³-hybridized carbons (Fsp3) is 0.455. The zero-order valence-electron chi connectivity index (χ0n) is 23.2. The van der Waals surface area contributed by atoms with Crippen LogP contribution in [0.4, 0.5) is 22.7 Å². The second-order valence-electron chi connectivity index (χ2n) is 13.0. The molecule has 0 spiro atoms. The topological polar surface area (TPSA) is 6.48 Å². The first-order valence-corrected chi connectivity index (χ1v) is 14.5. The summed E-state index contributed by atoms with van der Waals surface area (Å²) in [5, 5.41) is 0. The predicted octanol–water partition coefficient (Wildman–Crippen LogP) is 9.99. The number of nitrogens with zero attached hydrogens (tertiary/aromatic N) is 2. The Labute approximate surface area is 222 Å². The Balaban J connectivity index is 1.55. The molecule has 188 valence electrons. The quantitative estimate of drug-likeness (QED) is 0.356. The molecule has 0 bridgehead atoms. The fourth-order valence-corrected chi connectivity index (χ4v) is 7.72. The Morgan fingerprint density at radius 1 is 0.667 bits per heavy atom. The first-order valence-electron chi connectivity index (χ1n) is 13.7. The van der Waals surface area contributed by atoms with Crippen LogP contribution in [0.5, 0.6) is 0 Å². The highest BCUT2D eigenvalue weighted by atomic mass is 32.2. The lowest BCUT2D eigenvalue weighted by Crippen LogP contribution is -2.35.